The number of amides is 1. The topological polar surface area (TPSA) is 62.4 Å². The minimum Gasteiger partial charge on any atom is -0.496 e. The molecule has 2 aromatic carbocycles. The summed E-state index contributed by atoms with van der Waals surface area (Å²) in [7, 11) is 1.47. The number of carbonyl (C=O) groups excluding carboxylic acids is 1. The summed E-state index contributed by atoms with van der Waals surface area (Å²) in [6, 6.07) is 15.9. The van der Waals surface area contributed by atoms with Gasteiger partial charge in [0.1, 0.15) is 11.9 Å². The summed E-state index contributed by atoms with van der Waals surface area (Å²) in [6.07, 6.45) is -1.08. The minimum atomic E-state index is -1.85. The van der Waals surface area contributed by atoms with E-state index in [0.717, 1.165) is 5.69 Å². The second-order valence-electron chi connectivity index (χ2n) is 5.11. The van der Waals surface area contributed by atoms with E-state index in [-0.39, 0.29) is 5.11 Å². The number of alkyl halides is 3. The molecule has 0 bridgehead atoms. The van der Waals surface area contributed by atoms with Gasteiger partial charge in [-0.05, 0) is 36.5 Å². The van der Waals surface area contributed by atoms with Crippen molar-refractivity contribution in [2.45, 2.75) is 9.96 Å². The fourth-order valence-corrected chi connectivity index (χ4v) is 2.62. The van der Waals surface area contributed by atoms with Gasteiger partial charge < -0.3 is 20.7 Å². The van der Waals surface area contributed by atoms with Crippen molar-refractivity contribution in [3.63, 3.8) is 0 Å². The number of ether oxygens (including phenoxy) is 1. The number of hydrogen-bond acceptors (Lipinski definition) is 3. The molecule has 2 aromatic rings. The van der Waals surface area contributed by atoms with Crippen molar-refractivity contribution >= 4 is 63.7 Å². The van der Waals surface area contributed by atoms with E-state index in [0.29, 0.717) is 11.3 Å². The van der Waals surface area contributed by atoms with Crippen LogP contribution in [0.2, 0.25) is 0 Å². The normalized spacial score (nSPS) is 12.0. The second-order valence-corrected chi connectivity index (χ2v) is 7.89. The molecule has 0 aromatic heterocycles. The summed E-state index contributed by atoms with van der Waals surface area (Å²) in [6.45, 7) is 0. The van der Waals surface area contributed by atoms with Crippen LogP contribution in [0.5, 0.6) is 5.75 Å². The van der Waals surface area contributed by atoms with E-state index in [1.807, 2.05) is 30.3 Å². The summed E-state index contributed by atoms with van der Waals surface area (Å²) in [5.74, 6) is -0.0770. The standard InChI is InChI=1S/C17H16Cl3N3O2S/c1-25-13-10-6-5-9-12(13)14(24)22-15(17(18,19)20)23-16(26)21-11-7-3-2-4-8-11/h2-10,15H,1H3,(H,22,24)(H2,21,23,26). The Labute approximate surface area is 172 Å². The molecule has 0 aliphatic heterocycles. The van der Waals surface area contributed by atoms with Gasteiger partial charge in [-0.2, -0.15) is 0 Å². The van der Waals surface area contributed by atoms with Crippen LogP contribution in [0, 0.1) is 0 Å². The van der Waals surface area contributed by atoms with Gasteiger partial charge in [0.2, 0.25) is 3.79 Å². The number of nitrogens with one attached hydrogen (secondary N) is 3. The molecule has 0 fully saturated rings. The maximum absolute atomic E-state index is 12.6. The Kier molecular flexibility index (Phi) is 7.34. The number of rotatable bonds is 5. The van der Waals surface area contributed by atoms with Crippen LogP contribution in [0.1, 0.15) is 10.4 Å². The maximum Gasteiger partial charge on any atom is 0.256 e. The van der Waals surface area contributed by atoms with Crippen LogP contribution in [0.15, 0.2) is 54.6 Å². The first kappa shape index (κ1) is 20.6. The van der Waals surface area contributed by atoms with E-state index in [1.54, 1.807) is 24.3 Å². The van der Waals surface area contributed by atoms with Gasteiger partial charge in [-0.15, -0.1) is 0 Å². The van der Waals surface area contributed by atoms with Crippen molar-refractivity contribution in [1.29, 1.82) is 0 Å². The van der Waals surface area contributed by atoms with E-state index < -0.39 is 15.9 Å². The maximum atomic E-state index is 12.6. The van der Waals surface area contributed by atoms with Crippen molar-refractivity contribution in [2.24, 2.45) is 0 Å². The summed E-state index contributed by atoms with van der Waals surface area (Å²) in [4.78, 5) is 12.6. The van der Waals surface area contributed by atoms with Crippen molar-refractivity contribution in [1.82, 2.24) is 10.6 Å². The Hall–Kier alpha value is -1.73. The summed E-state index contributed by atoms with van der Waals surface area (Å²) in [5, 5.41) is 8.54. The molecular formula is C17H16Cl3N3O2S. The predicted octanol–water partition coefficient (Wildman–Crippen LogP) is 4.11. The van der Waals surface area contributed by atoms with E-state index >= 15 is 0 Å². The highest BCUT2D eigenvalue weighted by Gasteiger charge is 2.35. The molecule has 0 spiro atoms. The van der Waals surface area contributed by atoms with Crippen LogP contribution in [0.4, 0.5) is 5.69 Å². The number of carbonyl (C=O) groups is 1. The number of hydrogen-bond donors (Lipinski definition) is 3. The summed E-state index contributed by atoms with van der Waals surface area (Å²) in [5.41, 5.74) is 1.06. The van der Waals surface area contributed by atoms with Gasteiger partial charge >= 0.3 is 0 Å². The lowest BCUT2D eigenvalue weighted by Crippen LogP contribution is -2.56. The molecule has 1 unspecified atom stereocenters. The molecule has 1 atom stereocenters. The Morgan fingerprint density at radius 1 is 1.04 bits per heavy atom. The van der Waals surface area contributed by atoms with Crippen molar-refractivity contribution in [3.8, 4) is 5.75 Å². The van der Waals surface area contributed by atoms with E-state index in [9.17, 15) is 4.79 Å². The zero-order valence-corrected chi connectivity index (χ0v) is 16.7. The Morgan fingerprint density at radius 2 is 1.65 bits per heavy atom. The number of methoxy groups -OCH3 is 1. The highest BCUT2D eigenvalue weighted by molar-refractivity contribution is 7.80. The van der Waals surface area contributed by atoms with Crippen LogP contribution in [0.3, 0.4) is 0 Å². The van der Waals surface area contributed by atoms with Crippen LogP contribution in [0.25, 0.3) is 0 Å². The largest absolute Gasteiger partial charge is 0.496 e. The highest BCUT2D eigenvalue weighted by atomic mass is 35.6. The van der Waals surface area contributed by atoms with Gasteiger partial charge in [0, 0.05) is 5.69 Å². The second kappa shape index (κ2) is 9.28. The van der Waals surface area contributed by atoms with E-state index in [1.165, 1.54) is 7.11 Å². The average molecular weight is 433 g/mol. The lowest BCUT2D eigenvalue weighted by atomic mass is 10.2. The average Bonchev–Trinajstić information content (AvgIpc) is 2.61. The molecule has 0 heterocycles. The summed E-state index contributed by atoms with van der Waals surface area (Å²) >= 11 is 23.2. The van der Waals surface area contributed by atoms with Crippen molar-refractivity contribution in [2.75, 3.05) is 12.4 Å². The highest BCUT2D eigenvalue weighted by Crippen LogP contribution is 2.29. The molecule has 0 aliphatic carbocycles. The Bertz CT molecular complexity index is 769. The molecule has 2 rings (SSSR count). The monoisotopic (exact) mass is 431 g/mol. The fourth-order valence-electron chi connectivity index (χ4n) is 2.06. The van der Waals surface area contributed by atoms with Crippen LogP contribution in [-0.4, -0.2) is 28.1 Å². The lowest BCUT2D eigenvalue weighted by molar-refractivity contribution is 0.0931. The molecule has 0 saturated carbocycles. The van der Waals surface area contributed by atoms with Crippen LogP contribution >= 0.6 is 47.0 Å². The van der Waals surface area contributed by atoms with Gasteiger partial charge in [0.25, 0.3) is 5.91 Å². The third-order valence-electron chi connectivity index (χ3n) is 3.26. The van der Waals surface area contributed by atoms with E-state index in [2.05, 4.69) is 16.0 Å². The molecule has 0 radical (unpaired) electrons. The van der Waals surface area contributed by atoms with Gasteiger partial charge in [-0.3, -0.25) is 4.79 Å². The van der Waals surface area contributed by atoms with Gasteiger partial charge in [-0.1, -0.05) is 65.1 Å². The van der Waals surface area contributed by atoms with Crippen molar-refractivity contribution < 1.29 is 9.53 Å². The zero-order valence-electron chi connectivity index (χ0n) is 13.6. The number of thiocarbonyl (C=S) groups is 1. The van der Waals surface area contributed by atoms with Gasteiger partial charge in [-0.25, -0.2) is 0 Å². The first-order valence-electron chi connectivity index (χ1n) is 7.44. The molecule has 5 nitrogen and oxygen atoms in total. The number of benzene rings is 2. The Balaban J connectivity index is 2.10. The van der Waals surface area contributed by atoms with Gasteiger partial charge in [0.15, 0.2) is 5.11 Å². The minimum absolute atomic E-state index is 0.188. The fraction of sp³-hybridized carbons (Fsp3) is 0.176. The third kappa shape index (κ3) is 5.92. The smallest absolute Gasteiger partial charge is 0.256 e. The molecule has 9 heteroatoms. The van der Waals surface area contributed by atoms with Crippen LogP contribution in [-0.2, 0) is 0 Å². The van der Waals surface area contributed by atoms with E-state index in [4.69, 9.17) is 51.8 Å². The molecule has 1 amide bonds. The number of halogens is 3. The van der Waals surface area contributed by atoms with Crippen molar-refractivity contribution in [3.05, 3.63) is 60.2 Å². The first-order valence-corrected chi connectivity index (χ1v) is 8.98. The molecule has 26 heavy (non-hydrogen) atoms. The first-order chi connectivity index (χ1) is 12.3. The molecule has 3 N–H and O–H groups in total. The van der Waals surface area contributed by atoms with Crippen LogP contribution < -0.4 is 20.7 Å². The molecule has 138 valence electrons. The third-order valence-corrected chi connectivity index (χ3v) is 4.14. The summed E-state index contributed by atoms with van der Waals surface area (Å²) < 4.78 is 3.33. The quantitative estimate of drug-likeness (QED) is 0.377. The zero-order chi connectivity index (χ0) is 19.2. The van der Waals surface area contributed by atoms with Gasteiger partial charge in [0.05, 0.1) is 12.7 Å². The molecule has 0 aliphatic rings. The molecular weight excluding hydrogens is 417 g/mol. The number of para-hydroxylation sites is 2. The SMILES string of the molecule is COc1ccccc1C(=O)NC(NC(=S)Nc1ccccc1)C(Cl)(Cl)Cl. The predicted molar refractivity (Wildman–Crippen MR) is 110 cm³/mol. The lowest BCUT2D eigenvalue weighted by Gasteiger charge is -2.28. The Morgan fingerprint density at radius 3 is 2.27 bits per heavy atom. The molecule has 0 saturated heterocycles. The number of anilines is 1.